The van der Waals surface area contributed by atoms with Gasteiger partial charge in [0.05, 0.1) is 11.6 Å². The molecule has 13 heteroatoms. The molecule has 0 spiro atoms. The van der Waals surface area contributed by atoms with Crippen molar-refractivity contribution in [2.24, 2.45) is 0 Å². The minimum absolute atomic E-state index is 0.0212. The van der Waals surface area contributed by atoms with Crippen LogP contribution in [0.2, 0.25) is 10.0 Å². The summed E-state index contributed by atoms with van der Waals surface area (Å²) in [7, 11) is -0.803. The van der Waals surface area contributed by atoms with Gasteiger partial charge in [0.1, 0.15) is 28.8 Å². The highest BCUT2D eigenvalue weighted by molar-refractivity contribution is 7.89. The summed E-state index contributed by atoms with van der Waals surface area (Å²) in [6, 6.07) is 8.95. The molecule has 2 aliphatic heterocycles. The van der Waals surface area contributed by atoms with Gasteiger partial charge in [0.15, 0.2) is 0 Å². The molecule has 2 aromatic carbocycles. The third-order valence-corrected chi connectivity index (χ3v) is 9.66. The number of benzene rings is 2. The van der Waals surface area contributed by atoms with Crippen LogP contribution in [0.4, 0.5) is 5.69 Å². The Labute approximate surface area is 232 Å². The number of likely N-dealkylation sites (N-methyl/N-ethyl adjacent to an activating group) is 1. The number of nitrogens with two attached hydrogens (primary N) is 1. The lowest BCUT2D eigenvalue weighted by atomic mass is 9.96. The van der Waals surface area contributed by atoms with Gasteiger partial charge in [-0.3, -0.25) is 14.5 Å². The summed E-state index contributed by atoms with van der Waals surface area (Å²) >= 11 is 12.3. The molecule has 2 N–H and O–H groups in total. The van der Waals surface area contributed by atoms with E-state index in [0.29, 0.717) is 10.7 Å². The highest BCUT2D eigenvalue weighted by atomic mass is 35.5. The smallest absolute Gasteiger partial charge is 0.246 e. The summed E-state index contributed by atoms with van der Waals surface area (Å²) in [4.78, 5) is 32.2. The van der Waals surface area contributed by atoms with E-state index in [9.17, 15) is 23.2 Å². The van der Waals surface area contributed by atoms with Crippen molar-refractivity contribution < 1.29 is 23.5 Å². The lowest BCUT2D eigenvalue weighted by molar-refractivity contribution is -0.497. The van der Waals surface area contributed by atoms with Crippen molar-refractivity contribution in [3.63, 3.8) is 0 Å². The fourth-order valence-corrected chi connectivity index (χ4v) is 7.33. The molecule has 2 aromatic rings. The van der Waals surface area contributed by atoms with E-state index < -0.39 is 28.3 Å². The summed E-state index contributed by atoms with van der Waals surface area (Å²) in [5.41, 5.74) is 1.96. The lowest BCUT2D eigenvalue weighted by Crippen LogP contribution is -2.76. The number of rotatable bonds is 7. The Morgan fingerprint density at radius 2 is 1.71 bits per heavy atom. The molecule has 0 aromatic heterocycles. The van der Waals surface area contributed by atoms with Gasteiger partial charge < -0.3 is 20.5 Å². The van der Waals surface area contributed by atoms with Crippen LogP contribution in [-0.4, -0.2) is 90.7 Å². The second-order valence-corrected chi connectivity index (χ2v) is 12.7. The molecule has 2 fully saturated rings. The van der Waals surface area contributed by atoms with Gasteiger partial charge in [-0.2, -0.15) is 4.31 Å². The fourth-order valence-electron chi connectivity index (χ4n) is 5.00. The highest BCUT2D eigenvalue weighted by Crippen LogP contribution is 2.35. The molecular formula is C25H31Cl2N5O5S. The van der Waals surface area contributed by atoms with Crippen LogP contribution in [0.1, 0.15) is 19.4 Å². The molecule has 38 heavy (non-hydrogen) atoms. The summed E-state index contributed by atoms with van der Waals surface area (Å²) in [5.74, 6) is -0.578. The van der Waals surface area contributed by atoms with Crippen LogP contribution in [0.3, 0.4) is 0 Å². The summed E-state index contributed by atoms with van der Waals surface area (Å²) in [6.07, 6.45) is -0.770. The predicted molar refractivity (Wildman–Crippen MR) is 144 cm³/mol. The fraction of sp³-hybridized carbons (Fsp3) is 0.440. The topological polar surface area (TPSA) is 121 Å². The first-order valence-corrected chi connectivity index (χ1v) is 14.4. The maximum absolute atomic E-state index is 14.0. The van der Waals surface area contributed by atoms with Gasteiger partial charge in [0, 0.05) is 24.0 Å². The van der Waals surface area contributed by atoms with E-state index in [4.69, 9.17) is 23.2 Å². The Morgan fingerprint density at radius 1 is 1.05 bits per heavy atom. The summed E-state index contributed by atoms with van der Waals surface area (Å²) in [6.45, 7) is 3.62. The molecule has 10 nitrogen and oxygen atoms in total. The number of nitrogens with zero attached hydrogens (tertiary/aromatic N) is 4. The van der Waals surface area contributed by atoms with Crippen LogP contribution in [0.5, 0.6) is 0 Å². The monoisotopic (exact) mass is 583 g/mol. The molecule has 206 valence electrons. The van der Waals surface area contributed by atoms with E-state index in [1.807, 2.05) is 13.8 Å². The molecule has 2 heterocycles. The number of halogens is 2. The number of carbonyl (C=O) groups excluding carboxylic acids is 2. The predicted octanol–water partition coefficient (Wildman–Crippen LogP) is 1.64. The number of hydrogen-bond donors (Lipinski definition) is 1. The molecule has 3 unspecified atom stereocenters. The zero-order valence-corrected chi connectivity index (χ0v) is 23.9. The third kappa shape index (κ3) is 5.29. The summed E-state index contributed by atoms with van der Waals surface area (Å²) < 4.78 is 29.4. The van der Waals surface area contributed by atoms with Gasteiger partial charge in [-0.15, -0.1) is 0 Å². The minimum Gasteiger partial charge on any atom is -0.630 e. The van der Waals surface area contributed by atoms with E-state index in [1.54, 1.807) is 48.2 Å². The number of amides is 2. The van der Waals surface area contributed by atoms with Crippen LogP contribution in [0.25, 0.3) is 0 Å². The van der Waals surface area contributed by atoms with Crippen molar-refractivity contribution in [2.75, 3.05) is 27.2 Å². The number of piperazine rings is 1. The van der Waals surface area contributed by atoms with Gasteiger partial charge in [-0.25, -0.2) is 8.42 Å². The van der Waals surface area contributed by atoms with Crippen LogP contribution < -0.4 is 5.48 Å². The molecule has 2 amide bonds. The number of carbonyl (C=O) groups is 2. The van der Waals surface area contributed by atoms with Crippen LogP contribution in [-0.2, 0) is 26.0 Å². The molecule has 2 saturated heterocycles. The molecular weight excluding hydrogens is 553 g/mol. The molecule has 2 aliphatic rings. The van der Waals surface area contributed by atoms with Crippen molar-refractivity contribution in [3.8, 4) is 0 Å². The average molecular weight is 585 g/mol. The van der Waals surface area contributed by atoms with E-state index in [-0.39, 0.29) is 47.3 Å². The quantitative estimate of drug-likeness (QED) is 0.390. The Morgan fingerprint density at radius 3 is 2.26 bits per heavy atom. The number of hydrogen-bond acceptors (Lipinski definition) is 6. The maximum atomic E-state index is 14.0. The van der Waals surface area contributed by atoms with Crippen molar-refractivity contribution >= 4 is 50.7 Å². The highest BCUT2D eigenvalue weighted by Gasteiger charge is 2.54. The average Bonchev–Trinajstić information content (AvgIpc) is 2.85. The number of sulfonamides is 1. The minimum atomic E-state index is -4.20. The van der Waals surface area contributed by atoms with Gasteiger partial charge >= 0.3 is 0 Å². The van der Waals surface area contributed by atoms with Crippen LogP contribution >= 0.6 is 23.2 Å². The SMILES string of the molecule is CC(C)N1CC2N(C(=O)C(N(C)C)CN2S(=O)(=O)c2ccc(Cl)cc2Cl)C(Cc2ccc([NH2+][O-])cc2)C1=O. The molecule has 0 saturated carbocycles. The summed E-state index contributed by atoms with van der Waals surface area (Å²) in [5, 5.41) is 11.4. The standard InChI is InChI=1S/C25H31Cl2N5O5S/c1-15(2)30-14-23-31(38(36,37)22-10-7-17(26)12-19(22)27)13-21(29(3)4)25(34)32(23)20(24(30)33)11-16-5-8-18(28-35)9-6-16/h5-10,12,15,20-21,23H,11,13-14,28H2,1-4H3. The van der Waals surface area contributed by atoms with E-state index >= 15 is 0 Å². The number of fused-ring (bicyclic) bond motifs is 1. The Hall–Kier alpha value is -2.25. The molecule has 0 radical (unpaired) electrons. The second-order valence-electron chi connectivity index (χ2n) is 10.0. The maximum Gasteiger partial charge on any atom is 0.246 e. The normalized spacial score (nSPS) is 22.9. The molecule has 4 rings (SSSR count). The first-order valence-electron chi connectivity index (χ1n) is 12.2. The molecule has 3 atom stereocenters. The zero-order chi connectivity index (χ0) is 27.9. The van der Waals surface area contributed by atoms with Gasteiger partial charge in [-0.05, 0) is 63.8 Å². The first-order chi connectivity index (χ1) is 17.9. The van der Waals surface area contributed by atoms with E-state index in [1.165, 1.54) is 27.4 Å². The van der Waals surface area contributed by atoms with E-state index in [2.05, 4.69) is 0 Å². The van der Waals surface area contributed by atoms with Crippen LogP contribution in [0, 0.1) is 5.21 Å². The van der Waals surface area contributed by atoms with Crippen LogP contribution in [0.15, 0.2) is 47.4 Å². The lowest BCUT2D eigenvalue weighted by Gasteiger charge is -2.54. The van der Waals surface area contributed by atoms with E-state index in [0.717, 1.165) is 11.0 Å². The molecule has 0 bridgehead atoms. The van der Waals surface area contributed by atoms with Crippen molar-refractivity contribution in [1.29, 1.82) is 0 Å². The van der Waals surface area contributed by atoms with Crippen molar-refractivity contribution in [3.05, 3.63) is 63.3 Å². The van der Waals surface area contributed by atoms with Crippen molar-refractivity contribution in [2.45, 2.75) is 49.5 Å². The first kappa shape index (κ1) is 28.8. The Kier molecular flexibility index (Phi) is 8.39. The number of quaternary nitrogens is 1. The van der Waals surface area contributed by atoms with Gasteiger partial charge in [-0.1, -0.05) is 35.3 Å². The van der Waals surface area contributed by atoms with Gasteiger partial charge in [0.25, 0.3) is 0 Å². The Bertz CT molecular complexity index is 1320. The molecule has 0 aliphatic carbocycles. The largest absolute Gasteiger partial charge is 0.630 e. The van der Waals surface area contributed by atoms with Crippen molar-refractivity contribution in [1.82, 2.24) is 19.0 Å². The second kappa shape index (κ2) is 11.1. The Balaban J connectivity index is 1.83. The third-order valence-electron chi connectivity index (χ3n) is 7.08. The van der Waals surface area contributed by atoms with Gasteiger partial charge in [0.2, 0.25) is 21.8 Å². The zero-order valence-electron chi connectivity index (χ0n) is 21.5.